The van der Waals surface area contributed by atoms with Crippen LogP contribution in [0.2, 0.25) is 0 Å². The average Bonchev–Trinajstić information content (AvgIpc) is 2.53. The van der Waals surface area contributed by atoms with Gasteiger partial charge in [-0.15, -0.1) is 0 Å². The zero-order chi connectivity index (χ0) is 18.4. The fraction of sp³-hybridized carbons (Fsp3) is 0.955. The minimum absolute atomic E-state index is 0.0543. The third-order valence-corrected chi connectivity index (χ3v) is 5.44. The lowest BCUT2D eigenvalue weighted by molar-refractivity contribution is -0.141. The normalized spacial score (nSPS) is 15.3. The Morgan fingerprint density at radius 2 is 1.25 bits per heavy atom. The van der Waals surface area contributed by atoms with Crippen LogP contribution in [0.15, 0.2) is 0 Å². The van der Waals surface area contributed by atoms with Gasteiger partial charge in [-0.05, 0) is 30.1 Å². The standard InChI is InChI=1S/C22H44O2/c1-7-21(17-22(23)24-6)16-10-15-20(5)14-9-13-19(4)12-8-11-18(2)3/h18-21H,7-17H2,1-6H3. The summed E-state index contributed by atoms with van der Waals surface area (Å²) in [6.45, 7) is 11.6. The van der Waals surface area contributed by atoms with Crippen molar-refractivity contribution in [1.29, 1.82) is 0 Å². The smallest absolute Gasteiger partial charge is 0.305 e. The van der Waals surface area contributed by atoms with Gasteiger partial charge in [-0.3, -0.25) is 4.79 Å². The molecule has 0 amide bonds. The van der Waals surface area contributed by atoms with E-state index in [0.717, 1.165) is 24.2 Å². The number of carbonyl (C=O) groups excluding carboxylic acids is 1. The van der Waals surface area contributed by atoms with Gasteiger partial charge in [-0.2, -0.15) is 0 Å². The van der Waals surface area contributed by atoms with Crippen LogP contribution in [0.5, 0.6) is 0 Å². The van der Waals surface area contributed by atoms with Gasteiger partial charge in [-0.1, -0.05) is 92.4 Å². The average molecular weight is 341 g/mol. The van der Waals surface area contributed by atoms with E-state index in [1.54, 1.807) is 0 Å². The molecule has 2 nitrogen and oxygen atoms in total. The van der Waals surface area contributed by atoms with E-state index < -0.39 is 0 Å². The summed E-state index contributed by atoms with van der Waals surface area (Å²) in [5.74, 6) is 3.01. The minimum Gasteiger partial charge on any atom is -0.469 e. The highest BCUT2D eigenvalue weighted by Crippen LogP contribution is 2.23. The molecule has 0 spiro atoms. The van der Waals surface area contributed by atoms with E-state index in [1.165, 1.54) is 64.9 Å². The van der Waals surface area contributed by atoms with E-state index in [0.29, 0.717) is 12.3 Å². The Bertz CT molecular complexity index is 298. The first-order chi connectivity index (χ1) is 11.4. The highest BCUT2D eigenvalue weighted by Gasteiger charge is 2.13. The molecule has 0 rings (SSSR count). The van der Waals surface area contributed by atoms with Crippen LogP contribution < -0.4 is 0 Å². The fourth-order valence-electron chi connectivity index (χ4n) is 3.50. The molecule has 0 saturated carbocycles. The van der Waals surface area contributed by atoms with Crippen LogP contribution in [0, 0.1) is 23.7 Å². The number of rotatable bonds is 15. The first-order valence-electron chi connectivity index (χ1n) is 10.5. The number of methoxy groups -OCH3 is 1. The highest BCUT2D eigenvalue weighted by molar-refractivity contribution is 5.69. The molecule has 144 valence electrons. The van der Waals surface area contributed by atoms with Gasteiger partial charge in [0, 0.05) is 6.42 Å². The summed E-state index contributed by atoms with van der Waals surface area (Å²) in [7, 11) is 1.49. The van der Waals surface area contributed by atoms with Crippen LogP contribution >= 0.6 is 0 Å². The second-order valence-corrected chi connectivity index (χ2v) is 8.45. The largest absolute Gasteiger partial charge is 0.469 e. The third kappa shape index (κ3) is 13.9. The summed E-state index contributed by atoms with van der Waals surface area (Å²) < 4.78 is 4.79. The molecule has 0 bridgehead atoms. The molecule has 0 aromatic rings. The van der Waals surface area contributed by atoms with Gasteiger partial charge in [0.05, 0.1) is 7.11 Å². The summed E-state index contributed by atoms with van der Waals surface area (Å²) in [6, 6.07) is 0. The van der Waals surface area contributed by atoms with Gasteiger partial charge in [0.15, 0.2) is 0 Å². The van der Waals surface area contributed by atoms with Crippen molar-refractivity contribution in [3.05, 3.63) is 0 Å². The Hall–Kier alpha value is -0.530. The van der Waals surface area contributed by atoms with Crippen molar-refractivity contribution < 1.29 is 9.53 Å². The molecule has 3 atom stereocenters. The molecule has 0 fully saturated rings. The first kappa shape index (κ1) is 23.5. The number of ether oxygens (including phenoxy) is 1. The summed E-state index contributed by atoms with van der Waals surface area (Å²) in [4.78, 5) is 11.4. The Morgan fingerprint density at radius 3 is 1.67 bits per heavy atom. The molecule has 2 heteroatoms. The zero-order valence-corrected chi connectivity index (χ0v) is 17.4. The SMILES string of the molecule is CCC(CCCC(C)CCCC(C)CCCC(C)C)CC(=O)OC. The molecule has 0 aliphatic heterocycles. The lowest BCUT2D eigenvalue weighted by Crippen LogP contribution is -2.10. The van der Waals surface area contributed by atoms with Crippen molar-refractivity contribution >= 4 is 5.97 Å². The molecule has 0 N–H and O–H groups in total. The van der Waals surface area contributed by atoms with Crippen molar-refractivity contribution in [3.8, 4) is 0 Å². The minimum atomic E-state index is -0.0543. The molecular weight excluding hydrogens is 296 g/mol. The molecule has 0 aliphatic rings. The maximum Gasteiger partial charge on any atom is 0.305 e. The van der Waals surface area contributed by atoms with Crippen LogP contribution in [-0.4, -0.2) is 13.1 Å². The van der Waals surface area contributed by atoms with E-state index in [4.69, 9.17) is 4.74 Å². The number of hydrogen-bond donors (Lipinski definition) is 0. The van der Waals surface area contributed by atoms with E-state index in [2.05, 4.69) is 34.6 Å². The maximum absolute atomic E-state index is 11.4. The quantitative estimate of drug-likeness (QED) is 0.299. The van der Waals surface area contributed by atoms with Gasteiger partial charge >= 0.3 is 5.97 Å². The van der Waals surface area contributed by atoms with Gasteiger partial charge in [0.2, 0.25) is 0 Å². The van der Waals surface area contributed by atoms with Gasteiger partial charge in [0.1, 0.15) is 0 Å². The molecular formula is C22H44O2. The fourth-order valence-corrected chi connectivity index (χ4v) is 3.50. The van der Waals surface area contributed by atoms with Gasteiger partial charge in [0.25, 0.3) is 0 Å². The lowest BCUT2D eigenvalue weighted by atomic mass is 9.90. The van der Waals surface area contributed by atoms with Crippen LogP contribution in [0.1, 0.15) is 105 Å². The van der Waals surface area contributed by atoms with Crippen molar-refractivity contribution in [2.24, 2.45) is 23.7 Å². The number of esters is 1. The van der Waals surface area contributed by atoms with Crippen LogP contribution in [0.3, 0.4) is 0 Å². The van der Waals surface area contributed by atoms with Crippen molar-refractivity contribution in [2.75, 3.05) is 7.11 Å². The highest BCUT2D eigenvalue weighted by atomic mass is 16.5. The third-order valence-electron chi connectivity index (χ3n) is 5.44. The molecule has 0 aromatic carbocycles. The second-order valence-electron chi connectivity index (χ2n) is 8.45. The van der Waals surface area contributed by atoms with Crippen molar-refractivity contribution in [1.82, 2.24) is 0 Å². The van der Waals surface area contributed by atoms with Crippen LogP contribution in [-0.2, 0) is 9.53 Å². The molecule has 24 heavy (non-hydrogen) atoms. The second kappa shape index (κ2) is 14.8. The molecule has 0 saturated heterocycles. The predicted octanol–water partition coefficient (Wildman–Crippen LogP) is 7.01. The molecule has 0 aromatic heterocycles. The molecule has 0 radical (unpaired) electrons. The predicted molar refractivity (Wildman–Crippen MR) is 105 cm³/mol. The van der Waals surface area contributed by atoms with Crippen molar-refractivity contribution in [3.63, 3.8) is 0 Å². The van der Waals surface area contributed by atoms with Gasteiger partial charge in [-0.25, -0.2) is 0 Å². The topological polar surface area (TPSA) is 26.3 Å². The molecule has 0 heterocycles. The van der Waals surface area contributed by atoms with Crippen LogP contribution in [0.25, 0.3) is 0 Å². The van der Waals surface area contributed by atoms with E-state index in [1.807, 2.05) is 0 Å². The Balaban J connectivity index is 3.67. The van der Waals surface area contributed by atoms with Crippen LogP contribution in [0.4, 0.5) is 0 Å². The number of carbonyl (C=O) groups is 1. The molecule has 0 aliphatic carbocycles. The zero-order valence-electron chi connectivity index (χ0n) is 17.4. The lowest BCUT2D eigenvalue weighted by Gasteiger charge is -2.17. The maximum atomic E-state index is 11.4. The molecule has 3 unspecified atom stereocenters. The number of hydrogen-bond acceptors (Lipinski definition) is 2. The van der Waals surface area contributed by atoms with Gasteiger partial charge < -0.3 is 4.74 Å². The van der Waals surface area contributed by atoms with E-state index >= 15 is 0 Å². The van der Waals surface area contributed by atoms with E-state index in [9.17, 15) is 4.79 Å². The monoisotopic (exact) mass is 340 g/mol. The Morgan fingerprint density at radius 1 is 0.792 bits per heavy atom. The summed E-state index contributed by atoms with van der Waals surface area (Å²) in [6.07, 6.45) is 13.7. The van der Waals surface area contributed by atoms with Crippen molar-refractivity contribution in [2.45, 2.75) is 105 Å². The summed E-state index contributed by atoms with van der Waals surface area (Å²) in [5.41, 5.74) is 0. The Labute approximate surface area is 152 Å². The summed E-state index contributed by atoms with van der Waals surface area (Å²) >= 11 is 0. The van der Waals surface area contributed by atoms with E-state index in [-0.39, 0.29) is 5.97 Å². The summed E-state index contributed by atoms with van der Waals surface area (Å²) in [5, 5.41) is 0. The Kier molecular flexibility index (Phi) is 14.5. The first-order valence-corrected chi connectivity index (χ1v) is 10.5.